The molecule has 0 aromatic rings. The number of fused-ring (bicyclic) bond motifs is 1. The molecule has 14 heavy (non-hydrogen) atoms. The largest absolute Gasteiger partial charge is 0.394 e. The smallest absolute Gasteiger partial charge is 0.252 e. The minimum Gasteiger partial charge on any atom is -0.394 e. The van der Waals surface area contributed by atoms with E-state index in [4.69, 9.17) is 5.11 Å². The Hall–Kier alpha value is -0.610. The molecule has 0 aromatic heterocycles. The molecule has 4 heteroatoms. The molecule has 2 aliphatic rings. The summed E-state index contributed by atoms with van der Waals surface area (Å²) in [5.74, 6) is -0.199. The maximum absolute atomic E-state index is 11.7. The van der Waals surface area contributed by atoms with Gasteiger partial charge in [0.05, 0.1) is 12.6 Å². The number of amides is 1. The first-order valence-corrected chi connectivity index (χ1v) is 5.20. The number of piperidine rings is 1. The van der Waals surface area contributed by atoms with E-state index < -0.39 is 6.10 Å². The summed E-state index contributed by atoms with van der Waals surface area (Å²) in [6.45, 7) is 2.06. The van der Waals surface area contributed by atoms with Crippen LogP contribution in [0.3, 0.4) is 0 Å². The molecule has 2 aliphatic heterocycles. The van der Waals surface area contributed by atoms with E-state index in [1.807, 2.05) is 6.92 Å². The van der Waals surface area contributed by atoms with Gasteiger partial charge in [-0.05, 0) is 32.6 Å². The average Bonchev–Trinajstić information content (AvgIpc) is 2.51. The highest BCUT2D eigenvalue weighted by Gasteiger charge is 2.49. The second kappa shape index (κ2) is 3.21. The number of carbonyl (C=O) groups is 1. The summed E-state index contributed by atoms with van der Waals surface area (Å²) >= 11 is 0. The second-order valence-electron chi connectivity index (χ2n) is 4.63. The van der Waals surface area contributed by atoms with Crippen LogP contribution in [0.25, 0.3) is 0 Å². The summed E-state index contributed by atoms with van der Waals surface area (Å²) in [5, 5.41) is 18.6. The lowest BCUT2D eigenvalue weighted by atomic mass is 9.87. The predicted octanol–water partition coefficient (Wildman–Crippen LogP) is -0.117. The topological polar surface area (TPSA) is 60.8 Å². The molecule has 0 spiro atoms. The van der Waals surface area contributed by atoms with Gasteiger partial charge < -0.3 is 15.1 Å². The number of rotatable bonds is 1. The van der Waals surface area contributed by atoms with Crippen LogP contribution in [0.2, 0.25) is 0 Å². The van der Waals surface area contributed by atoms with E-state index in [0.29, 0.717) is 6.42 Å². The van der Waals surface area contributed by atoms with Crippen molar-refractivity contribution in [3.05, 3.63) is 0 Å². The standard InChI is InChI=1S/C10H17NO3/c1-10-4-2-7(6-12)11(10)9(14)8(13)3-5-10/h7-8,12-13H,2-6H2,1H3/t7-,8-,10-/m0/s1. The van der Waals surface area contributed by atoms with E-state index in [1.165, 1.54) is 0 Å². The van der Waals surface area contributed by atoms with E-state index in [9.17, 15) is 9.90 Å². The third-order valence-corrected chi connectivity index (χ3v) is 3.65. The van der Waals surface area contributed by atoms with Crippen molar-refractivity contribution < 1.29 is 15.0 Å². The lowest BCUT2D eigenvalue weighted by Gasteiger charge is -2.43. The van der Waals surface area contributed by atoms with Gasteiger partial charge in [0.15, 0.2) is 0 Å². The lowest BCUT2D eigenvalue weighted by molar-refractivity contribution is -0.153. The Bertz CT molecular complexity index is 256. The minimum absolute atomic E-state index is 0.00799. The number of carbonyl (C=O) groups excluding carboxylic acids is 1. The Morgan fingerprint density at radius 1 is 1.50 bits per heavy atom. The monoisotopic (exact) mass is 199 g/mol. The van der Waals surface area contributed by atoms with Crippen LogP contribution in [0.5, 0.6) is 0 Å². The number of nitrogens with zero attached hydrogens (tertiary/aromatic N) is 1. The molecule has 1 amide bonds. The molecule has 0 radical (unpaired) electrons. The van der Waals surface area contributed by atoms with Gasteiger partial charge in [0.2, 0.25) is 0 Å². The summed E-state index contributed by atoms with van der Waals surface area (Å²) in [7, 11) is 0. The van der Waals surface area contributed by atoms with Crippen molar-refractivity contribution in [1.29, 1.82) is 0 Å². The van der Waals surface area contributed by atoms with E-state index in [1.54, 1.807) is 4.90 Å². The van der Waals surface area contributed by atoms with Gasteiger partial charge in [-0.3, -0.25) is 4.79 Å². The van der Waals surface area contributed by atoms with Crippen molar-refractivity contribution in [2.45, 2.75) is 50.3 Å². The molecular formula is C10H17NO3. The molecule has 0 aliphatic carbocycles. The van der Waals surface area contributed by atoms with Crippen molar-refractivity contribution in [3.63, 3.8) is 0 Å². The first kappa shape index (κ1) is 9.93. The predicted molar refractivity (Wildman–Crippen MR) is 50.6 cm³/mol. The summed E-state index contributed by atoms with van der Waals surface area (Å²) < 4.78 is 0. The third-order valence-electron chi connectivity index (χ3n) is 3.65. The molecular weight excluding hydrogens is 182 g/mol. The normalized spacial score (nSPS) is 42.8. The van der Waals surface area contributed by atoms with E-state index >= 15 is 0 Å². The lowest BCUT2D eigenvalue weighted by Crippen LogP contribution is -2.57. The van der Waals surface area contributed by atoms with Gasteiger partial charge in [0.1, 0.15) is 6.10 Å². The summed E-state index contributed by atoms with van der Waals surface area (Å²) in [5.41, 5.74) is -0.121. The summed E-state index contributed by atoms with van der Waals surface area (Å²) in [6.07, 6.45) is 2.35. The number of aliphatic hydroxyl groups excluding tert-OH is 2. The van der Waals surface area contributed by atoms with Gasteiger partial charge >= 0.3 is 0 Å². The van der Waals surface area contributed by atoms with Crippen LogP contribution >= 0.6 is 0 Å². The molecule has 2 N–H and O–H groups in total. The molecule has 2 fully saturated rings. The van der Waals surface area contributed by atoms with Crippen LogP contribution in [-0.4, -0.2) is 45.3 Å². The Balaban J connectivity index is 2.25. The van der Waals surface area contributed by atoms with Gasteiger partial charge in [0, 0.05) is 5.54 Å². The van der Waals surface area contributed by atoms with Crippen molar-refractivity contribution in [1.82, 2.24) is 4.90 Å². The first-order valence-electron chi connectivity index (χ1n) is 5.20. The third kappa shape index (κ3) is 1.25. The van der Waals surface area contributed by atoms with E-state index in [-0.39, 0.29) is 24.1 Å². The zero-order chi connectivity index (χ0) is 10.3. The maximum Gasteiger partial charge on any atom is 0.252 e. The Kier molecular flexibility index (Phi) is 2.27. The quantitative estimate of drug-likeness (QED) is 0.619. The molecule has 0 bridgehead atoms. The fraction of sp³-hybridized carbons (Fsp3) is 0.900. The fourth-order valence-corrected chi connectivity index (χ4v) is 2.76. The van der Waals surface area contributed by atoms with Crippen molar-refractivity contribution in [2.75, 3.05) is 6.61 Å². The van der Waals surface area contributed by atoms with Crippen LogP contribution in [0, 0.1) is 0 Å². The Morgan fingerprint density at radius 3 is 2.79 bits per heavy atom. The van der Waals surface area contributed by atoms with Crippen LogP contribution in [-0.2, 0) is 4.79 Å². The second-order valence-corrected chi connectivity index (χ2v) is 4.63. The summed E-state index contributed by atoms with van der Waals surface area (Å²) in [4.78, 5) is 13.5. The van der Waals surface area contributed by atoms with Gasteiger partial charge in [-0.25, -0.2) is 0 Å². The number of hydrogen-bond acceptors (Lipinski definition) is 3. The highest BCUT2D eigenvalue weighted by atomic mass is 16.3. The molecule has 4 nitrogen and oxygen atoms in total. The minimum atomic E-state index is -0.852. The Labute approximate surface area is 83.5 Å². The molecule has 2 heterocycles. The van der Waals surface area contributed by atoms with Gasteiger partial charge in [-0.15, -0.1) is 0 Å². The Morgan fingerprint density at radius 2 is 2.14 bits per heavy atom. The van der Waals surface area contributed by atoms with E-state index in [2.05, 4.69) is 0 Å². The summed E-state index contributed by atoms with van der Waals surface area (Å²) in [6, 6.07) is -0.0811. The molecule has 0 aromatic carbocycles. The number of hydrogen-bond donors (Lipinski definition) is 2. The van der Waals surface area contributed by atoms with Gasteiger partial charge in [-0.1, -0.05) is 0 Å². The van der Waals surface area contributed by atoms with Crippen LogP contribution < -0.4 is 0 Å². The fourth-order valence-electron chi connectivity index (χ4n) is 2.76. The molecule has 80 valence electrons. The van der Waals surface area contributed by atoms with Crippen LogP contribution in [0.1, 0.15) is 32.6 Å². The molecule has 3 atom stereocenters. The average molecular weight is 199 g/mol. The zero-order valence-corrected chi connectivity index (χ0v) is 8.44. The zero-order valence-electron chi connectivity index (χ0n) is 8.44. The molecule has 0 unspecified atom stereocenters. The SMILES string of the molecule is C[C@@]12CC[C@@H](CO)N1C(=O)[C@@H](O)CC2. The maximum atomic E-state index is 11.7. The van der Waals surface area contributed by atoms with Gasteiger partial charge in [-0.2, -0.15) is 0 Å². The van der Waals surface area contributed by atoms with Crippen molar-refractivity contribution in [2.24, 2.45) is 0 Å². The highest BCUT2D eigenvalue weighted by molar-refractivity contribution is 5.83. The molecule has 2 rings (SSSR count). The van der Waals surface area contributed by atoms with Gasteiger partial charge in [0.25, 0.3) is 5.91 Å². The van der Waals surface area contributed by atoms with Crippen molar-refractivity contribution >= 4 is 5.91 Å². The van der Waals surface area contributed by atoms with Crippen LogP contribution in [0.4, 0.5) is 0 Å². The van der Waals surface area contributed by atoms with Crippen LogP contribution in [0.15, 0.2) is 0 Å². The highest BCUT2D eigenvalue weighted by Crippen LogP contribution is 2.41. The molecule has 0 saturated carbocycles. The first-order chi connectivity index (χ1) is 6.58. The van der Waals surface area contributed by atoms with E-state index in [0.717, 1.165) is 19.3 Å². The van der Waals surface area contributed by atoms with Crippen molar-refractivity contribution in [3.8, 4) is 0 Å². The number of aliphatic hydroxyl groups is 2. The molecule has 2 saturated heterocycles.